The first-order chi connectivity index (χ1) is 12.8. The number of rotatable bonds is 3. The van der Waals surface area contributed by atoms with Crippen LogP contribution in [0, 0.1) is 17.8 Å². The summed E-state index contributed by atoms with van der Waals surface area (Å²) >= 11 is 0. The minimum atomic E-state index is 0.253. The molecular weight excluding hydrogens is 324 g/mol. The number of hydrogen-bond donors (Lipinski definition) is 2. The molecule has 3 fully saturated rings. The van der Waals surface area contributed by atoms with E-state index in [1.165, 1.54) is 11.8 Å². The quantitative estimate of drug-likeness (QED) is 0.893. The molecule has 26 heavy (non-hydrogen) atoms. The molecule has 0 bridgehead atoms. The molecule has 5 nitrogen and oxygen atoms in total. The summed E-state index contributed by atoms with van der Waals surface area (Å²) in [4.78, 5) is 17.2. The topological polar surface area (TPSA) is 59.0 Å². The van der Waals surface area contributed by atoms with Gasteiger partial charge in [-0.1, -0.05) is 0 Å². The molecule has 0 radical (unpaired) electrons. The number of pyridine rings is 1. The summed E-state index contributed by atoms with van der Waals surface area (Å²) in [5.41, 5.74) is 1.09. The van der Waals surface area contributed by atoms with Crippen LogP contribution in [0.2, 0.25) is 0 Å². The SMILES string of the molecule is O=C(NC1CCC(n2ccc3cccnc32)CC1)[C@@H]1C[C@H]2CCNC[C@H]21. The molecule has 2 aliphatic carbocycles. The van der Waals surface area contributed by atoms with Gasteiger partial charge in [0.15, 0.2) is 0 Å². The first-order valence-corrected chi connectivity index (χ1v) is 10.2. The molecule has 3 atom stereocenters. The van der Waals surface area contributed by atoms with E-state index in [2.05, 4.69) is 38.5 Å². The molecule has 0 unspecified atom stereocenters. The molecule has 0 aromatic carbocycles. The predicted octanol–water partition coefficient (Wildman–Crippen LogP) is 2.88. The summed E-state index contributed by atoms with van der Waals surface area (Å²) < 4.78 is 2.33. The number of aromatic nitrogens is 2. The highest BCUT2D eigenvalue weighted by Crippen LogP contribution is 2.44. The molecule has 2 aromatic rings. The average Bonchev–Trinajstić information content (AvgIpc) is 3.07. The summed E-state index contributed by atoms with van der Waals surface area (Å²) in [6.45, 7) is 2.16. The van der Waals surface area contributed by atoms with Crippen molar-refractivity contribution in [2.75, 3.05) is 13.1 Å². The van der Waals surface area contributed by atoms with Crippen molar-refractivity contribution in [3.8, 4) is 0 Å². The van der Waals surface area contributed by atoms with E-state index in [1.54, 1.807) is 0 Å². The number of piperidine rings is 1. The maximum atomic E-state index is 12.7. The number of fused-ring (bicyclic) bond motifs is 2. The Labute approximate surface area is 154 Å². The molecule has 0 spiro atoms. The van der Waals surface area contributed by atoms with Crippen molar-refractivity contribution in [2.45, 2.75) is 50.6 Å². The summed E-state index contributed by atoms with van der Waals surface area (Å²) in [5, 5.41) is 8.03. The Hall–Kier alpha value is -1.88. The normalized spacial score (nSPS) is 34.1. The van der Waals surface area contributed by atoms with E-state index in [9.17, 15) is 4.79 Å². The molecule has 2 saturated carbocycles. The molecule has 3 aliphatic rings. The maximum absolute atomic E-state index is 12.7. The zero-order valence-corrected chi connectivity index (χ0v) is 15.2. The van der Waals surface area contributed by atoms with Gasteiger partial charge >= 0.3 is 0 Å². The highest BCUT2D eigenvalue weighted by atomic mass is 16.2. The number of amides is 1. The van der Waals surface area contributed by atoms with Crippen LogP contribution in [0.5, 0.6) is 0 Å². The summed E-state index contributed by atoms with van der Waals surface area (Å²) in [6.07, 6.45) is 10.8. The Morgan fingerprint density at radius 3 is 2.92 bits per heavy atom. The van der Waals surface area contributed by atoms with Gasteiger partial charge in [-0.15, -0.1) is 0 Å². The molecule has 3 heterocycles. The smallest absolute Gasteiger partial charge is 0.223 e. The lowest BCUT2D eigenvalue weighted by molar-refractivity contribution is -0.135. The van der Waals surface area contributed by atoms with Crippen molar-refractivity contribution in [2.24, 2.45) is 17.8 Å². The Kier molecular flexibility index (Phi) is 4.20. The molecule has 1 amide bonds. The minimum Gasteiger partial charge on any atom is -0.353 e. The highest BCUT2D eigenvalue weighted by molar-refractivity contribution is 5.80. The van der Waals surface area contributed by atoms with Crippen molar-refractivity contribution >= 4 is 16.9 Å². The third-order valence-electron chi connectivity index (χ3n) is 7.00. The van der Waals surface area contributed by atoms with E-state index in [1.807, 2.05) is 12.3 Å². The van der Waals surface area contributed by atoms with Crippen LogP contribution in [0.1, 0.15) is 44.6 Å². The largest absolute Gasteiger partial charge is 0.353 e. The average molecular weight is 352 g/mol. The highest BCUT2D eigenvalue weighted by Gasteiger charge is 2.46. The van der Waals surface area contributed by atoms with Gasteiger partial charge in [-0.25, -0.2) is 4.98 Å². The van der Waals surface area contributed by atoms with Crippen LogP contribution in [0.15, 0.2) is 30.6 Å². The van der Waals surface area contributed by atoms with Gasteiger partial charge in [0.05, 0.1) is 0 Å². The van der Waals surface area contributed by atoms with Crippen molar-refractivity contribution in [3.63, 3.8) is 0 Å². The molecule has 2 aromatic heterocycles. The van der Waals surface area contributed by atoms with E-state index in [0.29, 0.717) is 23.9 Å². The first kappa shape index (κ1) is 16.3. The minimum absolute atomic E-state index is 0.253. The number of carbonyl (C=O) groups excluding carboxylic acids is 1. The summed E-state index contributed by atoms with van der Waals surface area (Å²) in [7, 11) is 0. The third-order valence-corrected chi connectivity index (χ3v) is 7.00. The maximum Gasteiger partial charge on any atom is 0.223 e. The van der Waals surface area contributed by atoms with E-state index < -0.39 is 0 Å². The second kappa shape index (κ2) is 6.69. The zero-order chi connectivity index (χ0) is 17.5. The van der Waals surface area contributed by atoms with Gasteiger partial charge < -0.3 is 15.2 Å². The van der Waals surface area contributed by atoms with Crippen LogP contribution in [0.3, 0.4) is 0 Å². The number of carbonyl (C=O) groups is 1. The fourth-order valence-electron chi connectivity index (χ4n) is 5.39. The predicted molar refractivity (Wildman–Crippen MR) is 102 cm³/mol. The molecule has 2 N–H and O–H groups in total. The second-order valence-electron chi connectivity index (χ2n) is 8.41. The van der Waals surface area contributed by atoms with Crippen LogP contribution in [-0.4, -0.2) is 34.6 Å². The van der Waals surface area contributed by atoms with Crippen LogP contribution in [-0.2, 0) is 4.79 Å². The number of nitrogens with zero attached hydrogens (tertiary/aromatic N) is 2. The Balaban J connectivity index is 1.17. The first-order valence-electron chi connectivity index (χ1n) is 10.2. The van der Waals surface area contributed by atoms with Gasteiger partial charge in [-0.05, 0) is 81.6 Å². The standard InChI is InChI=1S/C21H28N4O/c26-21(18-12-15-7-10-22-13-19(15)18)24-16-3-5-17(6-4-16)25-11-8-14-2-1-9-23-20(14)25/h1-2,8-9,11,15-19,22H,3-7,10,12-13H2,(H,24,26)/t15-,16?,17?,18-,19-/m1/s1. The molecule has 138 valence electrons. The van der Waals surface area contributed by atoms with Gasteiger partial charge in [0.1, 0.15) is 5.65 Å². The molecule has 1 saturated heterocycles. The van der Waals surface area contributed by atoms with Gasteiger partial charge in [0.2, 0.25) is 5.91 Å². The summed E-state index contributed by atoms with van der Waals surface area (Å²) in [5.74, 6) is 1.93. The van der Waals surface area contributed by atoms with Gasteiger partial charge in [-0.2, -0.15) is 0 Å². The number of hydrogen-bond acceptors (Lipinski definition) is 3. The zero-order valence-electron chi connectivity index (χ0n) is 15.2. The fraction of sp³-hybridized carbons (Fsp3) is 0.619. The molecule has 1 aliphatic heterocycles. The Morgan fingerprint density at radius 2 is 2.08 bits per heavy atom. The van der Waals surface area contributed by atoms with Gasteiger partial charge in [0, 0.05) is 35.8 Å². The van der Waals surface area contributed by atoms with Crippen molar-refractivity contribution in [1.29, 1.82) is 0 Å². The van der Waals surface area contributed by atoms with Crippen molar-refractivity contribution in [1.82, 2.24) is 20.2 Å². The fourth-order valence-corrected chi connectivity index (χ4v) is 5.39. The lowest BCUT2D eigenvalue weighted by Crippen LogP contribution is -2.55. The van der Waals surface area contributed by atoms with Crippen molar-refractivity contribution in [3.05, 3.63) is 30.6 Å². The van der Waals surface area contributed by atoms with E-state index in [4.69, 9.17) is 0 Å². The van der Waals surface area contributed by atoms with Crippen LogP contribution < -0.4 is 10.6 Å². The van der Waals surface area contributed by atoms with Crippen LogP contribution >= 0.6 is 0 Å². The van der Waals surface area contributed by atoms with Gasteiger partial charge in [0.25, 0.3) is 0 Å². The molecule has 5 heteroatoms. The van der Waals surface area contributed by atoms with E-state index in [0.717, 1.165) is 56.8 Å². The van der Waals surface area contributed by atoms with E-state index in [-0.39, 0.29) is 5.92 Å². The molecule has 5 rings (SSSR count). The Morgan fingerprint density at radius 1 is 1.19 bits per heavy atom. The monoisotopic (exact) mass is 352 g/mol. The lowest BCUT2D eigenvalue weighted by Gasteiger charge is -2.47. The number of nitrogens with one attached hydrogen (secondary N) is 2. The van der Waals surface area contributed by atoms with Gasteiger partial charge in [-0.3, -0.25) is 4.79 Å². The van der Waals surface area contributed by atoms with Crippen LogP contribution in [0.4, 0.5) is 0 Å². The second-order valence-corrected chi connectivity index (χ2v) is 8.41. The summed E-state index contributed by atoms with van der Waals surface area (Å²) in [6, 6.07) is 7.12. The lowest BCUT2D eigenvalue weighted by atomic mass is 9.61. The Bertz CT molecular complexity index is 792. The third kappa shape index (κ3) is 2.82. The molecular formula is C21H28N4O. The van der Waals surface area contributed by atoms with Crippen LogP contribution in [0.25, 0.3) is 11.0 Å². The van der Waals surface area contributed by atoms with Crippen molar-refractivity contribution < 1.29 is 4.79 Å². The van der Waals surface area contributed by atoms with E-state index >= 15 is 0 Å².